The summed E-state index contributed by atoms with van der Waals surface area (Å²) >= 11 is 6.40. The highest BCUT2D eigenvalue weighted by molar-refractivity contribution is 6.30. The maximum absolute atomic E-state index is 6.40. The molecule has 0 amide bonds. The van der Waals surface area contributed by atoms with Crippen LogP contribution in [0.25, 0.3) is 16.7 Å². The van der Waals surface area contributed by atoms with E-state index in [1.54, 1.807) is 0 Å². The lowest BCUT2D eigenvalue weighted by Crippen LogP contribution is -2.34. The Morgan fingerprint density at radius 2 is 1.85 bits per heavy atom. The van der Waals surface area contributed by atoms with Gasteiger partial charge in [0.2, 0.25) is 0 Å². The summed E-state index contributed by atoms with van der Waals surface area (Å²) in [7, 11) is 1.96. The molecular weight excluding hydrogens is 448 g/mol. The van der Waals surface area contributed by atoms with Gasteiger partial charge < -0.3 is 4.90 Å². The third-order valence-electron chi connectivity index (χ3n) is 7.56. The van der Waals surface area contributed by atoms with Crippen LogP contribution in [-0.2, 0) is 20.1 Å². The zero-order valence-electron chi connectivity index (χ0n) is 19.2. The standard InChI is InChI=1S/C25H27ClN8/c1-31-24-20(3-2-10-27-24)25(30-31)32-11-8-16(9-12-32)23-29-28-22-15-33(19-5-6-19)14-17-13-18(26)4-7-21(17)34(22)23/h2-4,7,10,13,16,19H,5-6,8-9,11-12,14-15H2,1H3. The van der Waals surface area contributed by atoms with Crippen LogP contribution in [0.15, 0.2) is 36.5 Å². The van der Waals surface area contributed by atoms with Crippen molar-refractivity contribution >= 4 is 28.5 Å². The molecule has 0 unspecified atom stereocenters. The maximum atomic E-state index is 6.40. The van der Waals surface area contributed by atoms with E-state index in [9.17, 15) is 0 Å². The summed E-state index contributed by atoms with van der Waals surface area (Å²) in [6.45, 7) is 3.64. The van der Waals surface area contributed by atoms with Gasteiger partial charge in [-0.1, -0.05) is 11.6 Å². The van der Waals surface area contributed by atoms with Crippen LogP contribution in [0.3, 0.4) is 0 Å². The van der Waals surface area contributed by atoms with E-state index in [1.807, 2.05) is 30.1 Å². The molecule has 34 heavy (non-hydrogen) atoms. The van der Waals surface area contributed by atoms with Crippen LogP contribution in [0.4, 0.5) is 5.82 Å². The second-order valence-corrected chi connectivity index (χ2v) is 10.2. The number of aromatic nitrogens is 6. The molecule has 0 radical (unpaired) electrons. The second-order valence-electron chi connectivity index (χ2n) is 9.80. The van der Waals surface area contributed by atoms with Crippen molar-refractivity contribution in [3.8, 4) is 5.69 Å². The van der Waals surface area contributed by atoms with Gasteiger partial charge in [0.05, 0.1) is 17.6 Å². The molecule has 5 heterocycles. The van der Waals surface area contributed by atoms with Crippen LogP contribution in [0.2, 0.25) is 5.02 Å². The Labute approximate surface area is 203 Å². The fourth-order valence-corrected chi connectivity index (χ4v) is 5.86. The summed E-state index contributed by atoms with van der Waals surface area (Å²) in [5, 5.41) is 16.1. The summed E-state index contributed by atoms with van der Waals surface area (Å²) in [5.74, 6) is 3.53. The van der Waals surface area contributed by atoms with Crippen molar-refractivity contribution in [1.82, 2.24) is 34.4 Å². The van der Waals surface area contributed by atoms with E-state index in [0.717, 1.165) is 72.5 Å². The van der Waals surface area contributed by atoms with Gasteiger partial charge in [0.25, 0.3) is 0 Å². The summed E-state index contributed by atoms with van der Waals surface area (Å²) in [5.41, 5.74) is 3.38. The van der Waals surface area contributed by atoms with Crippen molar-refractivity contribution in [3.63, 3.8) is 0 Å². The number of anilines is 1. The molecule has 3 aromatic heterocycles. The third-order valence-corrected chi connectivity index (χ3v) is 7.79. The lowest BCUT2D eigenvalue weighted by Gasteiger charge is -2.32. The first-order valence-electron chi connectivity index (χ1n) is 12.2. The van der Waals surface area contributed by atoms with E-state index in [2.05, 4.69) is 37.5 Å². The van der Waals surface area contributed by atoms with Crippen molar-refractivity contribution < 1.29 is 0 Å². The number of nitrogens with zero attached hydrogens (tertiary/aromatic N) is 8. The Kier molecular flexibility index (Phi) is 4.67. The zero-order valence-corrected chi connectivity index (χ0v) is 20.0. The first kappa shape index (κ1) is 20.4. The van der Waals surface area contributed by atoms with Gasteiger partial charge in [-0.15, -0.1) is 10.2 Å². The van der Waals surface area contributed by atoms with E-state index < -0.39 is 0 Å². The molecule has 3 aliphatic rings. The second kappa shape index (κ2) is 7.78. The highest BCUT2D eigenvalue weighted by Crippen LogP contribution is 2.38. The van der Waals surface area contributed by atoms with Crippen molar-refractivity contribution in [2.24, 2.45) is 7.05 Å². The summed E-state index contributed by atoms with van der Waals surface area (Å²) < 4.78 is 4.21. The molecule has 1 aliphatic carbocycles. The van der Waals surface area contributed by atoms with E-state index in [4.69, 9.17) is 26.9 Å². The predicted octanol–water partition coefficient (Wildman–Crippen LogP) is 4.06. The smallest absolute Gasteiger partial charge is 0.160 e. The van der Waals surface area contributed by atoms with Gasteiger partial charge in [0.1, 0.15) is 5.82 Å². The molecular formula is C25H27ClN8. The Morgan fingerprint density at radius 1 is 1.00 bits per heavy atom. The first-order chi connectivity index (χ1) is 16.7. The topological polar surface area (TPSA) is 67.9 Å². The Balaban J connectivity index is 1.20. The molecule has 0 N–H and O–H groups in total. The molecule has 2 fully saturated rings. The number of hydrogen-bond acceptors (Lipinski definition) is 6. The number of hydrogen-bond donors (Lipinski definition) is 0. The third kappa shape index (κ3) is 3.31. The average molecular weight is 475 g/mol. The fourth-order valence-electron chi connectivity index (χ4n) is 5.67. The number of aryl methyl sites for hydroxylation is 1. The van der Waals surface area contributed by atoms with Crippen LogP contribution < -0.4 is 4.90 Å². The van der Waals surface area contributed by atoms with E-state index in [0.29, 0.717) is 12.0 Å². The number of benzene rings is 1. The van der Waals surface area contributed by atoms with Gasteiger partial charge >= 0.3 is 0 Å². The molecule has 1 aromatic carbocycles. The lowest BCUT2D eigenvalue weighted by atomic mass is 9.95. The molecule has 1 saturated carbocycles. The van der Waals surface area contributed by atoms with Crippen molar-refractivity contribution in [1.29, 1.82) is 0 Å². The number of piperidine rings is 1. The Bertz CT molecular complexity index is 1380. The van der Waals surface area contributed by atoms with E-state index in [1.165, 1.54) is 24.1 Å². The number of halogens is 1. The minimum absolute atomic E-state index is 0.363. The van der Waals surface area contributed by atoms with Crippen LogP contribution in [-0.4, -0.2) is 53.6 Å². The summed E-state index contributed by atoms with van der Waals surface area (Å²) in [4.78, 5) is 9.43. The monoisotopic (exact) mass is 474 g/mol. The predicted molar refractivity (Wildman–Crippen MR) is 131 cm³/mol. The van der Waals surface area contributed by atoms with E-state index >= 15 is 0 Å². The van der Waals surface area contributed by atoms with E-state index in [-0.39, 0.29) is 0 Å². The van der Waals surface area contributed by atoms with Crippen molar-refractivity contribution in [2.45, 2.75) is 50.7 Å². The summed E-state index contributed by atoms with van der Waals surface area (Å²) in [6.07, 6.45) is 6.41. The highest BCUT2D eigenvalue weighted by atomic mass is 35.5. The van der Waals surface area contributed by atoms with Gasteiger partial charge in [-0.05, 0) is 61.6 Å². The van der Waals surface area contributed by atoms with Gasteiger partial charge in [-0.25, -0.2) is 9.67 Å². The van der Waals surface area contributed by atoms with Gasteiger partial charge in [0.15, 0.2) is 17.3 Å². The van der Waals surface area contributed by atoms with Gasteiger partial charge in [-0.2, -0.15) is 5.10 Å². The van der Waals surface area contributed by atoms with Gasteiger partial charge in [0, 0.05) is 49.9 Å². The van der Waals surface area contributed by atoms with Crippen molar-refractivity contribution in [3.05, 3.63) is 58.8 Å². The molecule has 0 bridgehead atoms. The fraction of sp³-hybridized carbons (Fsp3) is 0.440. The highest BCUT2D eigenvalue weighted by Gasteiger charge is 2.35. The maximum Gasteiger partial charge on any atom is 0.160 e. The quantitative estimate of drug-likeness (QED) is 0.446. The lowest BCUT2D eigenvalue weighted by molar-refractivity contribution is 0.243. The van der Waals surface area contributed by atoms with Crippen LogP contribution >= 0.6 is 11.6 Å². The zero-order chi connectivity index (χ0) is 22.8. The van der Waals surface area contributed by atoms with Crippen LogP contribution in [0, 0.1) is 0 Å². The Morgan fingerprint density at radius 3 is 2.68 bits per heavy atom. The van der Waals surface area contributed by atoms with Gasteiger partial charge in [-0.3, -0.25) is 9.47 Å². The molecule has 1 saturated heterocycles. The molecule has 8 nitrogen and oxygen atoms in total. The largest absolute Gasteiger partial charge is 0.355 e. The molecule has 4 aromatic rings. The molecule has 174 valence electrons. The minimum Gasteiger partial charge on any atom is -0.355 e. The molecule has 0 spiro atoms. The van der Waals surface area contributed by atoms with Crippen molar-refractivity contribution in [2.75, 3.05) is 18.0 Å². The number of fused-ring (bicyclic) bond motifs is 4. The minimum atomic E-state index is 0.363. The SMILES string of the molecule is Cn1nc(N2CCC(c3nnc4n3-c3ccc(Cl)cc3CN(C3CC3)C4)CC2)c2cccnc21. The number of rotatable bonds is 3. The number of pyridine rings is 1. The molecule has 7 rings (SSSR count). The molecule has 2 aliphatic heterocycles. The van der Waals surface area contributed by atoms with Crippen LogP contribution in [0.1, 0.15) is 48.8 Å². The van der Waals surface area contributed by atoms with Crippen LogP contribution in [0.5, 0.6) is 0 Å². The molecule has 0 atom stereocenters. The normalized spacial score (nSPS) is 19.3. The Hall–Kier alpha value is -2.97. The average Bonchev–Trinajstić information content (AvgIpc) is 3.58. The first-order valence-corrected chi connectivity index (χ1v) is 12.5. The molecule has 9 heteroatoms. The summed E-state index contributed by atoms with van der Waals surface area (Å²) in [6, 6.07) is 11.0.